The number of ether oxygens (including phenoxy) is 2. The molecule has 1 aromatic carbocycles. The molecule has 0 radical (unpaired) electrons. The molecule has 0 spiro atoms. The highest BCUT2D eigenvalue weighted by Gasteiger charge is 2.53. The summed E-state index contributed by atoms with van der Waals surface area (Å²) in [7, 11) is 1.46. The quantitative estimate of drug-likeness (QED) is 0.166. The number of hydrogen-bond donors (Lipinski definition) is 2. The second-order valence-electron chi connectivity index (χ2n) is 9.41. The fraction of sp³-hybridized carbons (Fsp3) is 0.458. The van der Waals surface area contributed by atoms with Crippen LogP contribution >= 0.6 is 20.1 Å². The molecule has 3 heterocycles. The van der Waals surface area contributed by atoms with E-state index in [-0.39, 0.29) is 30.8 Å². The molecule has 1 saturated carbocycles. The van der Waals surface area contributed by atoms with Crippen molar-refractivity contribution in [2.45, 2.75) is 44.1 Å². The van der Waals surface area contributed by atoms with E-state index in [1.54, 1.807) is 31.3 Å². The van der Waals surface area contributed by atoms with Crippen LogP contribution < -0.4 is 20.5 Å². The third-order valence-electron chi connectivity index (χ3n) is 6.56. The predicted octanol–water partition coefficient (Wildman–Crippen LogP) is 3.94. The summed E-state index contributed by atoms with van der Waals surface area (Å²) in [5.74, 6) is 7.05. The third kappa shape index (κ3) is 5.52. The van der Waals surface area contributed by atoms with Crippen LogP contribution in [0.5, 0.6) is 5.75 Å². The van der Waals surface area contributed by atoms with Gasteiger partial charge in [-0.25, -0.2) is 20.9 Å². The summed E-state index contributed by atoms with van der Waals surface area (Å²) >= 11 is 6.01. The van der Waals surface area contributed by atoms with Gasteiger partial charge in [0.15, 0.2) is 5.82 Å². The Hall–Kier alpha value is -2.53. The second-order valence-corrected chi connectivity index (χ2v) is 11.0. The van der Waals surface area contributed by atoms with Gasteiger partial charge < -0.3 is 23.1 Å². The number of halogens is 1. The van der Waals surface area contributed by atoms with E-state index in [1.807, 2.05) is 16.8 Å². The summed E-state index contributed by atoms with van der Waals surface area (Å²) in [5.41, 5.74) is -0.0268. The van der Waals surface area contributed by atoms with Gasteiger partial charge in [-0.15, -0.1) is 0 Å². The number of carbonyl (C=O) groups excluding carboxylic acids is 1. The number of fused-ring (bicyclic) bond motifs is 1. The molecule has 0 amide bonds. The van der Waals surface area contributed by atoms with E-state index < -0.39 is 14.1 Å². The Balaban J connectivity index is 1.28. The Morgan fingerprint density at radius 2 is 2.08 bits per heavy atom. The number of nitrogens with zero attached hydrogens (tertiary/aromatic N) is 4. The van der Waals surface area contributed by atoms with Crippen molar-refractivity contribution in [3.8, 4) is 5.75 Å². The van der Waals surface area contributed by atoms with E-state index in [4.69, 9.17) is 36.0 Å². The van der Waals surface area contributed by atoms with Gasteiger partial charge in [-0.1, -0.05) is 18.5 Å². The van der Waals surface area contributed by atoms with Gasteiger partial charge in [0.2, 0.25) is 0 Å². The second kappa shape index (κ2) is 10.7. The van der Waals surface area contributed by atoms with E-state index in [1.165, 1.54) is 18.4 Å². The molecule has 2 aromatic heterocycles. The summed E-state index contributed by atoms with van der Waals surface area (Å²) in [6.07, 6.45) is 5.15. The molecule has 3 aromatic rings. The lowest BCUT2D eigenvalue weighted by Crippen LogP contribution is -2.38. The zero-order valence-corrected chi connectivity index (χ0v) is 22.5. The minimum Gasteiger partial charge on any atom is -0.468 e. The normalized spacial score (nSPS) is 23.1. The number of benzene rings is 1. The van der Waals surface area contributed by atoms with E-state index in [0.717, 1.165) is 17.5 Å². The Morgan fingerprint density at radius 3 is 2.76 bits per heavy atom. The van der Waals surface area contributed by atoms with Crippen molar-refractivity contribution < 1.29 is 23.3 Å². The molecule has 1 aliphatic heterocycles. The number of aromatic nitrogens is 3. The van der Waals surface area contributed by atoms with Crippen molar-refractivity contribution >= 4 is 42.9 Å². The molecular formula is C24H30ClN6O5P. The predicted molar refractivity (Wildman–Crippen MR) is 140 cm³/mol. The van der Waals surface area contributed by atoms with E-state index in [2.05, 4.69) is 22.0 Å². The van der Waals surface area contributed by atoms with Crippen LogP contribution in [-0.2, 0) is 18.8 Å². The zero-order valence-electron chi connectivity index (χ0n) is 20.8. The van der Waals surface area contributed by atoms with Crippen LogP contribution in [0.15, 0.2) is 42.9 Å². The van der Waals surface area contributed by atoms with Crippen LogP contribution in [0.25, 0.3) is 11.0 Å². The van der Waals surface area contributed by atoms with Gasteiger partial charge in [-0.05, 0) is 49.6 Å². The fourth-order valence-corrected chi connectivity index (χ4v) is 6.06. The number of nitrogens with two attached hydrogens (primary N) is 1. The van der Waals surface area contributed by atoms with Crippen molar-refractivity contribution in [2.75, 3.05) is 25.8 Å². The molecule has 4 atom stereocenters. The number of hydrogen-bond acceptors (Lipinski definition) is 10. The largest absolute Gasteiger partial charge is 0.468 e. The SMILES string of the molecule is COC(=O)C1(NP(OCC2CC(C)C(n3ccc4c(N(C)N)ncnc43)O2)Oc2ccc(Cl)cc2)CC1. The van der Waals surface area contributed by atoms with Crippen LogP contribution in [0, 0.1) is 5.92 Å². The molecule has 1 saturated heterocycles. The van der Waals surface area contributed by atoms with Crippen LogP contribution in [0.1, 0.15) is 32.4 Å². The minimum atomic E-state index is -1.66. The fourth-order valence-electron chi connectivity index (χ4n) is 4.49. The highest BCUT2D eigenvalue weighted by Crippen LogP contribution is 2.47. The number of hydrazine groups is 1. The molecule has 198 valence electrons. The molecule has 2 fully saturated rings. The van der Waals surface area contributed by atoms with E-state index in [9.17, 15) is 4.79 Å². The van der Waals surface area contributed by atoms with Gasteiger partial charge in [-0.3, -0.25) is 9.80 Å². The molecule has 2 aliphatic rings. The van der Waals surface area contributed by atoms with Crippen molar-refractivity contribution in [2.24, 2.45) is 11.8 Å². The number of nitrogens with one attached hydrogen (secondary N) is 1. The van der Waals surface area contributed by atoms with Gasteiger partial charge in [0.25, 0.3) is 0 Å². The summed E-state index contributed by atoms with van der Waals surface area (Å²) in [4.78, 5) is 21.1. The molecule has 37 heavy (non-hydrogen) atoms. The maximum Gasteiger partial charge on any atom is 0.326 e. The highest BCUT2D eigenvalue weighted by atomic mass is 35.5. The molecule has 11 nitrogen and oxygen atoms in total. The molecular weight excluding hydrogens is 519 g/mol. The Kier molecular flexibility index (Phi) is 7.53. The van der Waals surface area contributed by atoms with Crippen LogP contribution in [0.2, 0.25) is 5.02 Å². The van der Waals surface area contributed by atoms with Gasteiger partial charge in [0.05, 0.1) is 25.2 Å². The highest BCUT2D eigenvalue weighted by molar-refractivity contribution is 7.45. The first kappa shape index (κ1) is 26.1. The molecule has 0 bridgehead atoms. The van der Waals surface area contributed by atoms with Crippen molar-refractivity contribution in [3.63, 3.8) is 0 Å². The third-order valence-corrected chi connectivity index (χ3v) is 8.18. The first-order valence-electron chi connectivity index (χ1n) is 12.0. The summed E-state index contributed by atoms with van der Waals surface area (Å²) < 4.78 is 25.7. The Labute approximate surface area is 221 Å². The molecule has 13 heteroatoms. The summed E-state index contributed by atoms with van der Waals surface area (Å²) in [6, 6.07) is 8.94. The smallest absolute Gasteiger partial charge is 0.326 e. The van der Waals surface area contributed by atoms with Gasteiger partial charge in [0.1, 0.15) is 29.5 Å². The maximum absolute atomic E-state index is 12.3. The minimum absolute atomic E-state index is 0.176. The van der Waals surface area contributed by atoms with Crippen molar-refractivity contribution in [1.82, 2.24) is 19.6 Å². The lowest BCUT2D eigenvalue weighted by Gasteiger charge is -2.24. The topological polar surface area (TPSA) is 126 Å². The summed E-state index contributed by atoms with van der Waals surface area (Å²) in [6.45, 7) is 2.42. The first-order chi connectivity index (χ1) is 17.8. The van der Waals surface area contributed by atoms with Crippen molar-refractivity contribution in [1.29, 1.82) is 0 Å². The first-order valence-corrected chi connectivity index (χ1v) is 13.5. The molecule has 4 unspecified atom stereocenters. The number of carbonyl (C=O) groups is 1. The molecule has 5 rings (SSSR count). The standard InChI is InChI=1S/C24H30ClN6O5P/c1-15-12-18(35-22(15)31-11-8-19-20(30(2)26)27-14-28-21(19)31)13-34-37(29-24(9-10-24)23(32)33-3)36-17-6-4-16(25)5-7-17/h4-8,11,14-15,18,22,29H,9-10,12-13,26H2,1-3H3. The molecule has 1 aliphatic carbocycles. The van der Waals surface area contributed by atoms with Gasteiger partial charge >= 0.3 is 14.5 Å². The van der Waals surface area contributed by atoms with Crippen molar-refractivity contribution in [3.05, 3.63) is 47.9 Å². The Bertz CT molecular complexity index is 1250. The van der Waals surface area contributed by atoms with Gasteiger partial charge in [0, 0.05) is 24.2 Å². The van der Waals surface area contributed by atoms with Crippen LogP contribution in [-0.4, -0.2) is 52.9 Å². The van der Waals surface area contributed by atoms with Crippen LogP contribution in [0.4, 0.5) is 5.82 Å². The number of methoxy groups -OCH3 is 1. The zero-order chi connectivity index (χ0) is 26.2. The van der Waals surface area contributed by atoms with Gasteiger partial charge in [-0.2, -0.15) is 0 Å². The number of esters is 1. The average Bonchev–Trinajstić information content (AvgIpc) is 3.39. The Morgan fingerprint density at radius 1 is 1.32 bits per heavy atom. The monoisotopic (exact) mass is 548 g/mol. The average molecular weight is 549 g/mol. The maximum atomic E-state index is 12.3. The number of rotatable bonds is 10. The summed E-state index contributed by atoms with van der Waals surface area (Å²) in [5, 5.41) is 6.18. The van der Waals surface area contributed by atoms with E-state index in [0.29, 0.717) is 29.4 Å². The van der Waals surface area contributed by atoms with Crippen LogP contribution in [0.3, 0.4) is 0 Å². The molecule has 3 N–H and O–H groups in total. The number of anilines is 1. The van der Waals surface area contributed by atoms with E-state index >= 15 is 0 Å². The lowest BCUT2D eigenvalue weighted by atomic mass is 10.1. The lowest BCUT2D eigenvalue weighted by molar-refractivity contribution is -0.143.